The zero-order chi connectivity index (χ0) is 17.8. The van der Waals surface area contributed by atoms with Gasteiger partial charge in [0.15, 0.2) is 0 Å². The molecule has 0 aromatic carbocycles. The van der Waals surface area contributed by atoms with Crippen molar-refractivity contribution in [3.05, 3.63) is 0 Å². The summed E-state index contributed by atoms with van der Waals surface area (Å²) in [6.45, 7) is 3.95. The van der Waals surface area contributed by atoms with Gasteiger partial charge >= 0.3 is 5.97 Å². The third kappa shape index (κ3) is 2.50. The van der Waals surface area contributed by atoms with Gasteiger partial charge in [0.2, 0.25) is 0 Å². The van der Waals surface area contributed by atoms with Gasteiger partial charge in [0.05, 0.1) is 0 Å². The molecule has 4 saturated carbocycles. The molecule has 0 saturated heterocycles. The third-order valence-electron chi connectivity index (χ3n) is 8.65. The number of hydrogen-bond acceptors (Lipinski definition) is 4. The van der Waals surface area contributed by atoms with Crippen molar-refractivity contribution in [3.63, 3.8) is 0 Å². The van der Waals surface area contributed by atoms with E-state index < -0.39 is 0 Å². The van der Waals surface area contributed by atoms with Crippen LogP contribution in [-0.2, 0) is 14.3 Å². The zero-order valence-corrected chi connectivity index (χ0v) is 15.6. The molecular formula is C21H32O4. The smallest absolute Gasteiger partial charge is 0.302 e. The van der Waals surface area contributed by atoms with Gasteiger partial charge in [-0.1, -0.05) is 6.92 Å². The molecule has 4 heteroatoms. The Kier molecular flexibility index (Phi) is 4.25. The van der Waals surface area contributed by atoms with Crippen molar-refractivity contribution < 1.29 is 19.4 Å². The maximum atomic E-state index is 12.5. The molecule has 4 aliphatic carbocycles. The molecule has 1 N–H and O–H groups in total. The first-order valence-electron chi connectivity index (χ1n) is 10.2. The summed E-state index contributed by atoms with van der Waals surface area (Å²) in [4.78, 5) is 23.8. The fourth-order valence-electron chi connectivity index (χ4n) is 7.43. The number of esters is 1. The van der Waals surface area contributed by atoms with E-state index in [4.69, 9.17) is 4.74 Å². The largest absolute Gasteiger partial charge is 0.463 e. The summed E-state index contributed by atoms with van der Waals surface area (Å²) in [6.07, 6.45) is 8.96. The summed E-state index contributed by atoms with van der Waals surface area (Å²) in [5.74, 6) is 2.41. The molecule has 7 atom stereocenters. The van der Waals surface area contributed by atoms with Gasteiger partial charge in [0, 0.05) is 25.4 Å². The van der Waals surface area contributed by atoms with Gasteiger partial charge in [0.1, 0.15) is 11.9 Å². The Hall–Kier alpha value is -0.900. The van der Waals surface area contributed by atoms with Crippen LogP contribution in [0.15, 0.2) is 0 Å². The van der Waals surface area contributed by atoms with E-state index in [1.54, 1.807) is 0 Å². The number of fused-ring (bicyclic) bond motifs is 5. The molecule has 4 aliphatic rings. The second-order valence-corrected chi connectivity index (χ2v) is 9.47. The molecule has 4 fully saturated rings. The van der Waals surface area contributed by atoms with Crippen molar-refractivity contribution in [2.45, 2.75) is 77.7 Å². The fraction of sp³-hybridized carbons (Fsp3) is 0.905. The maximum Gasteiger partial charge on any atom is 0.302 e. The highest BCUT2D eigenvalue weighted by Gasteiger charge is 2.61. The van der Waals surface area contributed by atoms with Gasteiger partial charge in [0.25, 0.3) is 0 Å². The van der Waals surface area contributed by atoms with Crippen LogP contribution in [0.1, 0.15) is 71.6 Å². The minimum absolute atomic E-state index is 0.00741. The normalized spacial score (nSPS) is 49.1. The Labute approximate surface area is 150 Å². The Morgan fingerprint density at radius 2 is 1.96 bits per heavy atom. The Morgan fingerprint density at radius 1 is 1.16 bits per heavy atom. The number of carbonyl (C=O) groups excluding carboxylic acids is 2. The molecule has 0 aromatic heterocycles. The van der Waals surface area contributed by atoms with E-state index in [-0.39, 0.29) is 29.5 Å². The van der Waals surface area contributed by atoms with E-state index in [1.165, 1.54) is 13.3 Å². The first-order valence-corrected chi connectivity index (χ1v) is 10.2. The highest BCUT2D eigenvalue weighted by Crippen LogP contribution is 2.65. The molecule has 0 aromatic rings. The lowest BCUT2D eigenvalue weighted by Gasteiger charge is -2.60. The summed E-state index contributed by atoms with van der Waals surface area (Å²) in [5.41, 5.74) is -0.105. The van der Waals surface area contributed by atoms with Crippen LogP contribution in [0.25, 0.3) is 0 Å². The van der Waals surface area contributed by atoms with E-state index in [2.05, 4.69) is 6.92 Å². The zero-order valence-electron chi connectivity index (χ0n) is 15.6. The lowest BCUT2D eigenvalue weighted by molar-refractivity contribution is -0.169. The fourth-order valence-corrected chi connectivity index (χ4v) is 7.43. The average Bonchev–Trinajstić information content (AvgIpc) is 2.89. The van der Waals surface area contributed by atoms with Gasteiger partial charge in [-0.3, -0.25) is 9.59 Å². The highest BCUT2D eigenvalue weighted by atomic mass is 16.5. The number of carbonyl (C=O) groups is 2. The molecule has 4 rings (SSSR count). The molecule has 0 aliphatic heterocycles. The summed E-state index contributed by atoms with van der Waals surface area (Å²) in [5, 5.41) is 10.5. The predicted octanol–water partition coefficient (Wildman–Crippen LogP) is 3.50. The summed E-state index contributed by atoms with van der Waals surface area (Å²) >= 11 is 0. The second-order valence-electron chi connectivity index (χ2n) is 9.47. The minimum atomic E-state index is -0.187. The van der Waals surface area contributed by atoms with E-state index in [0.717, 1.165) is 51.4 Å². The third-order valence-corrected chi connectivity index (χ3v) is 8.65. The van der Waals surface area contributed by atoms with Crippen molar-refractivity contribution in [1.29, 1.82) is 0 Å². The summed E-state index contributed by atoms with van der Waals surface area (Å²) < 4.78 is 5.50. The molecule has 4 nitrogen and oxygen atoms in total. The Morgan fingerprint density at radius 3 is 2.68 bits per heavy atom. The van der Waals surface area contributed by atoms with E-state index in [0.29, 0.717) is 29.5 Å². The molecule has 0 amide bonds. The number of Topliss-reactive ketones (excluding diaryl/α,β-unsaturated/α-hetero) is 1. The van der Waals surface area contributed by atoms with Crippen LogP contribution < -0.4 is 0 Å². The van der Waals surface area contributed by atoms with Crippen LogP contribution in [0, 0.1) is 34.5 Å². The van der Waals surface area contributed by atoms with Crippen LogP contribution in [0.3, 0.4) is 0 Å². The first-order chi connectivity index (χ1) is 11.9. The topological polar surface area (TPSA) is 63.6 Å². The first kappa shape index (κ1) is 17.5. The number of rotatable bonds is 2. The Bertz CT molecular complexity index is 572. The van der Waals surface area contributed by atoms with Crippen LogP contribution in [0.4, 0.5) is 0 Å². The molecule has 0 spiro atoms. The van der Waals surface area contributed by atoms with E-state index in [1.807, 2.05) is 0 Å². The van der Waals surface area contributed by atoms with Crippen molar-refractivity contribution in [2.24, 2.45) is 34.5 Å². The highest BCUT2D eigenvalue weighted by molar-refractivity contribution is 5.87. The van der Waals surface area contributed by atoms with Crippen molar-refractivity contribution in [3.8, 4) is 0 Å². The number of hydrogen-bond donors (Lipinski definition) is 1. The minimum Gasteiger partial charge on any atom is -0.463 e. The van der Waals surface area contributed by atoms with Crippen LogP contribution >= 0.6 is 0 Å². The number of ketones is 1. The molecule has 0 unspecified atom stereocenters. The molecule has 0 bridgehead atoms. The monoisotopic (exact) mass is 348 g/mol. The van der Waals surface area contributed by atoms with Gasteiger partial charge in [-0.25, -0.2) is 0 Å². The summed E-state index contributed by atoms with van der Waals surface area (Å²) in [7, 11) is 0. The Balaban J connectivity index is 1.58. The van der Waals surface area contributed by atoms with Gasteiger partial charge in [-0.05, 0) is 80.5 Å². The maximum absolute atomic E-state index is 12.5. The lowest BCUT2D eigenvalue weighted by atomic mass is 9.45. The SMILES string of the molecule is CC(=O)O[C@H]1CC[C@@]2(CO)[C@@H](CC[C@@H]3[C@@H]2CC[C@]2(C)C(=O)CC[C@@H]32)C1. The molecule has 0 heterocycles. The average molecular weight is 348 g/mol. The van der Waals surface area contributed by atoms with E-state index >= 15 is 0 Å². The van der Waals surface area contributed by atoms with Gasteiger partial charge < -0.3 is 9.84 Å². The number of aliphatic hydroxyl groups excluding tert-OH is 1. The molecule has 0 radical (unpaired) electrons. The van der Waals surface area contributed by atoms with Gasteiger partial charge in [-0.15, -0.1) is 0 Å². The van der Waals surface area contributed by atoms with Crippen molar-refractivity contribution >= 4 is 11.8 Å². The van der Waals surface area contributed by atoms with Crippen molar-refractivity contribution in [1.82, 2.24) is 0 Å². The molecule has 140 valence electrons. The molecule has 25 heavy (non-hydrogen) atoms. The summed E-state index contributed by atoms with van der Waals surface area (Å²) in [6, 6.07) is 0. The number of aliphatic hydroxyl groups is 1. The number of ether oxygens (including phenoxy) is 1. The van der Waals surface area contributed by atoms with E-state index in [9.17, 15) is 14.7 Å². The second kappa shape index (κ2) is 6.07. The molecular weight excluding hydrogens is 316 g/mol. The lowest BCUT2D eigenvalue weighted by Crippen LogP contribution is -2.56. The van der Waals surface area contributed by atoms with Crippen LogP contribution in [-0.4, -0.2) is 29.6 Å². The standard InChI is InChI=1S/C21H32O4/c1-13(23)25-15-7-10-21(12-22)14(11-15)3-4-16-17-5-6-19(24)20(17,2)9-8-18(16)21/h14-18,22H,3-12H2,1-2H3/t14-,15-,16-,17-,18-,20-,21+/m0/s1. The van der Waals surface area contributed by atoms with Crippen LogP contribution in [0.5, 0.6) is 0 Å². The van der Waals surface area contributed by atoms with Crippen molar-refractivity contribution in [2.75, 3.05) is 6.61 Å². The quantitative estimate of drug-likeness (QED) is 0.776. The predicted molar refractivity (Wildman–Crippen MR) is 93.7 cm³/mol. The van der Waals surface area contributed by atoms with Gasteiger partial charge in [-0.2, -0.15) is 0 Å². The van der Waals surface area contributed by atoms with Crippen LogP contribution in [0.2, 0.25) is 0 Å².